The first-order chi connectivity index (χ1) is 18.5. The van der Waals surface area contributed by atoms with Gasteiger partial charge in [0.25, 0.3) is 0 Å². The van der Waals surface area contributed by atoms with Gasteiger partial charge in [0.05, 0.1) is 18.6 Å². The molecule has 0 spiro atoms. The summed E-state index contributed by atoms with van der Waals surface area (Å²) >= 11 is 36.7. The van der Waals surface area contributed by atoms with Gasteiger partial charge in [-0.2, -0.15) is 0 Å². The van der Waals surface area contributed by atoms with Gasteiger partial charge in [-0.25, -0.2) is 0 Å². The Morgan fingerprint density at radius 2 is 0.923 bits per heavy atom. The summed E-state index contributed by atoms with van der Waals surface area (Å²) in [7, 11) is 0. The predicted octanol–water partition coefficient (Wildman–Crippen LogP) is 13.2. The Labute approximate surface area is 311 Å². The minimum absolute atomic E-state index is 0.208. The van der Waals surface area contributed by atoms with Gasteiger partial charge < -0.3 is 9.47 Å². The Hall–Kier alpha value is 1.80. The summed E-state index contributed by atoms with van der Waals surface area (Å²) in [5.74, 6) is 1.62. The number of halogens is 10. The monoisotopic (exact) mass is 1160 g/mol. The van der Waals surface area contributed by atoms with E-state index in [4.69, 9.17) is 9.47 Å². The summed E-state index contributed by atoms with van der Waals surface area (Å²) in [6, 6.07) is 13.0. The second-order valence-corrected chi connectivity index (χ2v) is 17.5. The molecule has 0 radical (unpaired) electrons. The summed E-state index contributed by atoms with van der Waals surface area (Å²) in [4.78, 5) is 0.416. The molecule has 0 fully saturated rings. The molecular formula is C27H18Br10O2. The van der Waals surface area contributed by atoms with Crippen molar-refractivity contribution in [3.63, 3.8) is 0 Å². The van der Waals surface area contributed by atoms with E-state index in [-0.39, 0.29) is 9.65 Å². The fraction of sp³-hybridized carbons (Fsp3) is 0.259. The van der Waals surface area contributed by atoms with E-state index >= 15 is 0 Å². The molecule has 4 aromatic rings. The lowest BCUT2D eigenvalue weighted by molar-refractivity contribution is 0.327. The fourth-order valence-corrected chi connectivity index (χ4v) is 7.82. The van der Waals surface area contributed by atoms with Crippen LogP contribution in [0.4, 0.5) is 0 Å². The molecule has 2 unspecified atom stereocenters. The second-order valence-electron chi connectivity index (χ2n) is 8.66. The first-order valence-corrected chi connectivity index (χ1v) is 20.2. The van der Waals surface area contributed by atoms with Crippen molar-refractivity contribution in [2.45, 2.75) is 16.1 Å². The molecule has 0 aliphatic carbocycles. The van der Waals surface area contributed by atoms with Gasteiger partial charge in [-0.1, -0.05) is 108 Å². The molecular weight excluding hydrogens is 1160 g/mol. The number of alkyl halides is 4. The number of benzene rings is 4. The number of hydrogen-bond donors (Lipinski definition) is 0. The van der Waals surface area contributed by atoms with Crippen LogP contribution >= 0.6 is 159 Å². The van der Waals surface area contributed by atoms with Crippen molar-refractivity contribution >= 4 is 181 Å². The van der Waals surface area contributed by atoms with Gasteiger partial charge in [-0.15, -0.1) is 0 Å². The van der Waals surface area contributed by atoms with Crippen LogP contribution in [0.5, 0.6) is 11.5 Å². The zero-order valence-electron chi connectivity index (χ0n) is 19.8. The topological polar surface area (TPSA) is 18.5 Å². The highest BCUT2D eigenvalue weighted by atomic mass is 79.9. The van der Waals surface area contributed by atoms with Gasteiger partial charge in [0.15, 0.2) is 0 Å². The lowest BCUT2D eigenvalue weighted by Gasteiger charge is -2.18. The molecule has 0 aromatic heterocycles. The van der Waals surface area contributed by atoms with E-state index in [0.29, 0.717) is 13.2 Å². The van der Waals surface area contributed by atoms with E-state index in [1.807, 2.05) is 0 Å². The second kappa shape index (κ2) is 15.2. The van der Waals surface area contributed by atoms with Crippen LogP contribution < -0.4 is 9.47 Å². The summed E-state index contributed by atoms with van der Waals surface area (Å²) in [6.07, 6.45) is 0.761. The highest BCUT2D eigenvalue weighted by molar-refractivity contribution is 9.14. The van der Waals surface area contributed by atoms with Gasteiger partial charge in [0, 0.05) is 39.3 Å². The molecule has 2 atom stereocenters. The Bertz CT molecular complexity index is 1410. The van der Waals surface area contributed by atoms with Crippen molar-refractivity contribution < 1.29 is 9.47 Å². The molecule has 0 saturated heterocycles. The van der Waals surface area contributed by atoms with Crippen LogP contribution in [-0.4, -0.2) is 33.5 Å². The van der Waals surface area contributed by atoms with E-state index in [1.54, 1.807) is 0 Å². The largest absolute Gasteiger partial charge is 0.490 e. The summed E-state index contributed by atoms with van der Waals surface area (Å²) < 4.78 is 18.1. The third kappa shape index (κ3) is 8.10. The van der Waals surface area contributed by atoms with Crippen molar-refractivity contribution in [3.8, 4) is 11.5 Å². The Morgan fingerprint density at radius 1 is 0.538 bits per heavy atom. The first kappa shape index (κ1) is 33.7. The average Bonchev–Trinajstić information content (AvgIpc) is 2.89. The Kier molecular flexibility index (Phi) is 13.1. The quantitative estimate of drug-likeness (QED) is 0.147. The predicted molar refractivity (Wildman–Crippen MR) is 201 cm³/mol. The average molecular weight is 1170 g/mol. The molecule has 12 heteroatoms. The van der Waals surface area contributed by atoms with Crippen LogP contribution in [0, 0.1) is 0 Å². The maximum atomic E-state index is 6.24. The molecule has 208 valence electrons. The van der Waals surface area contributed by atoms with Crippen LogP contribution in [0.2, 0.25) is 0 Å². The SMILES string of the molecule is BrCC(Br)COc1c(Br)c(Br)cc2cc(Cc3cc(Br)c4c(OCC(Br)CBr)c(Br)c(Br)cc4c3)cc(Br)c12. The molecule has 0 bridgehead atoms. The zero-order valence-corrected chi connectivity index (χ0v) is 35.6. The zero-order chi connectivity index (χ0) is 28.4. The summed E-state index contributed by atoms with van der Waals surface area (Å²) in [6.45, 7) is 1.08. The smallest absolute Gasteiger partial charge is 0.143 e. The third-order valence-corrected chi connectivity index (χ3v) is 15.4. The van der Waals surface area contributed by atoms with Gasteiger partial charge in [-0.05, 0) is 116 Å². The van der Waals surface area contributed by atoms with Gasteiger partial charge >= 0.3 is 0 Å². The number of fused-ring (bicyclic) bond motifs is 2. The highest BCUT2D eigenvalue weighted by Gasteiger charge is 2.19. The fourth-order valence-electron chi connectivity index (χ4n) is 4.06. The molecule has 4 rings (SSSR count). The van der Waals surface area contributed by atoms with E-state index in [1.165, 1.54) is 11.1 Å². The van der Waals surface area contributed by atoms with Gasteiger partial charge in [-0.3, -0.25) is 0 Å². The molecule has 0 aliphatic rings. The highest BCUT2D eigenvalue weighted by Crippen LogP contribution is 2.45. The maximum absolute atomic E-state index is 6.24. The van der Waals surface area contributed by atoms with E-state index in [9.17, 15) is 0 Å². The molecule has 0 N–H and O–H groups in total. The molecule has 0 saturated carbocycles. The molecule has 0 heterocycles. The van der Waals surface area contributed by atoms with Crippen molar-refractivity contribution in [3.05, 3.63) is 74.4 Å². The molecule has 4 aromatic carbocycles. The van der Waals surface area contributed by atoms with Gasteiger partial charge in [0.1, 0.15) is 24.7 Å². The normalized spacial score (nSPS) is 13.2. The summed E-state index contributed by atoms with van der Waals surface area (Å²) in [5.41, 5.74) is 2.37. The number of ether oxygens (including phenoxy) is 2. The maximum Gasteiger partial charge on any atom is 0.143 e. The minimum Gasteiger partial charge on any atom is -0.490 e. The standard InChI is InChI=1S/C27H18Br10O2/c28-8-16(30)10-38-26-22-14(6-20(34)24(26)36)2-12(4-18(22)32)1-13-3-15-7-21(35)25(37)27(23(15)19(33)5-13)39-11-17(31)9-29/h2-7,16-17H,1,8-11H2. The Morgan fingerprint density at radius 3 is 1.28 bits per heavy atom. The van der Waals surface area contributed by atoms with Crippen LogP contribution in [0.25, 0.3) is 21.5 Å². The van der Waals surface area contributed by atoms with Crippen LogP contribution in [0.15, 0.2) is 63.2 Å². The molecule has 39 heavy (non-hydrogen) atoms. The van der Waals surface area contributed by atoms with Crippen molar-refractivity contribution in [1.82, 2.24) is 0 Å². The summed E-state index contributed by atoms with van der Waals surface area (Å²) in [5, 5.41) is 5.86. The minimum atomic E-state index is 0.208. The number of hydrogen-bond acceptors (Lipinski definition) is 2. The third-order valence-electron chi connectivity index (χ3n) is 5.76. The van der Waals surface area contributed by atoms with E-state index in [0.717, 1.165) is 77.0 Å². The molecule has 2 nitrogen and oxygen atoms in total. The van der Waals surface area contributed by atoms with Crippen LogP contribution in [0.1, 0.15) is 11.1 Å². The Balaban J connectivity index is 1.73. The van der Waals surface area contributed by atoms with Crippen molar-refractivity contribution in [1.29, 1.82) is 0 Å². The molecule has 0 aliphatic heterocycles. The van der Waals surface area contributed by atoms with Crippen LogP contribution in [-0.2, 0) is 6.42 Å². The lowest BCUT2D eigenvalue weighted by Crippen LogP contribution is -2.13. The molecule has 0 amide bonds. The van der Waals surface area contributed by atoms with E-state index < -0.39 is 0 Å². The number of rotatable bonds is 10. The van der Waals surface area contributed by atoms with E-state index in [2.05, 4.69) is 196 Å². The van der Waals surface area contributed by atoms with Crippen molar-refractivity contribution in [2.24, 2.45) is 0 Å². The first-order valence-electron chi connectivity index (χ1n) is 11.4. The lowest BCUT2D eigenvalue weighted by atomic mass is 9.98. The van der Waals surface area contributed by atoms with Crippen LogP contribution in [0.3, 0.4) is 0 Å². The van der Waals surface area contributed by atoms with Gasteiger partial charge in [0.2, 0.25) is 0 Å². The van der Waals surface area contributed by atoms with Crippen molar-refractivity contribution in [2.75, 3.05) is 23.9 Å².